The highest BCUT2D eigenvalue weighted by atomic mass is 32.2. The number of carboxylic acid groups (broad SMARTS) is 1. The molecule has 2 rings (SSSR count). The number of aromatic amines is 1. The van der Waals surface area contributed by atoms with Crippen molar-refractivity contribution in [2.45, 2.75) is 11.2 Å². The van der Waals surface area contributed by atoms with Crippen LogP contribution < -0.4 is 5.56 Å². The van der Waals surface area contributed by atoms with Gasteiger partial charge in [0.25, 0.3) is 0 Å². The quantitative estimate of drug-likeness (QED) is 0.797. The number of allylic oxidation sites excluding steroid dienone is 4. The van der Waals surface area contributed by atoms with Crippen LogP contribution in [-0.2, 0) is 11.0 Å². The minimum absolute atomic E-state index is 0.0777. The summed E-state index contributed by atoms with van der Waals surface area (Å²) in [4.78, 5) is 24.6. The maximum absolute atomic E-state index is 13.0. The summed E-state index contributed by atoms with van der Waals surface area (Å²) in [6.45, 7) is 0. The first-order valence-electron chi connectivity index (χ1n) is 6.89. The van der Waals surface area contributed by atoms with Crippen molar-refractivity contribution in [1.82, 2.24) is 4.98 Å². The Morgan fingerprint density at radius 2 is 2.12 bits per heavy atom. The molecule has 1 aliphatic rings. The highest BCUT2D eigenvalue weighted by molar-refractivity contribution is 7.99. The average Bonchev–Trinajstić information content (AvgIpc) is 2.77. The lowest BCUT2D eigenvalue weighted by molar-refractivity contribution is -0.138. The molecule has 1 aromatic heterocycles. The fourth-order valence-electron chi connectivity index (χ4n) is 2.06. The van der Waals surface area contributed by atoms with Crippen LogP contribution in [0.5, 0.6) is 0 Å². The molecule has 1 atom stereocenters. The number of hydrogen-bond acceptors (Lipinski definition) is 4. The first-order chi connectivity index (χ1) is 11.7. The van der Waals surface area contributed by atoms with Crippen LogP contribution in [0.25, 0.3) is 0 Å². The van der Waals surface area contributed by atoms with Gasteiger partial charge in [-0.15, -0.1) is 11.8 Å². The number of carbonyl (C=O) groups is 1. The Balaban J connectivity index is 2.24. The zero-order valence-electron chi connectivity index (χ0n) is 12.5. The Labute approximate surface area is 144 Å². The van der Waals surface area contributed by atoms with Crippen molar-refractivity contribution in [3.63, 3.8) is 0 Å². The van der Waals surface area contributed by atoms with Crippen LogP contribution >= 0.6 is 11.8 Å². The molecule has 1 unspecified atom stereocenters. The molecule has 0 spiro atoms. The van der Waals surface area contributed by atoms with E-state index in [1.807, 2.05) is 0 Å². The number of halogens is 3. The molecule has 0 saturated carbocycles. The monoisotopic (exact) mass is 368 g/mol. The minimum atomic E-state index is -4.81. The molecule has 0 amide bonds. The van der Waals surface area contributed by atoms with E-state index in [9.17, 15) is 22.8 Å². The Bertz CT molecular complexity index is 876. The molecule has 1 aliphatic carbocycles. The molecule has 0 radical (unpaired) electrons. The van der Waals surface area contributed by atoms with Crippen molar-refractivity contribution in [3.8, 4) is 6.07 Å². The van der Waals surface area contributed by atoms with Gasteiger partial charge in [0.2, 0.25) is 5.56 Å². The lowest BCUT2D eigenvalue weighted by Gasteiger charge is -2.12. The number of hydrogen-bond donors (Lipinski definition) is 2. The van der Waals surface area contributed by atoms with Crippen molar-refractivity contribution in [2.75, 3.05) is 5.75 Å². The molecular formula is C16H11F3N2O3S. The van der Waals surface area contributed by atoms with Gasteiger partial charge in [0.05, 0.1) is 21.7 Å². The average molecular weight is 368 g/mol. The number of nitrogens with one attached hydrogen (secondary N) is 1. The molecule has 0 aromatic carbocycles. The van der Waals surface area contributed by atoms with Crippen LogP contribution in [0, 0.1) is 17.2 Å². The second-order valence-corrected chi connectivity index (χ2v) is 6.04. The van der Waals surface area contributed by atoms with Gasteiger partial charge in [-0.1, -0.05) is 24.3 Å². The van der Waals surface area contributed by atoms with Gasteiger partial charge in [-0.3, -0.25) is 4.79 Å². The molecule has 5 nitrogen and oxygen atoms in total. The molecule has 1 heterocycles. The third kappa shape index (κ3) is 4.64. The largest absolute Gasteiger partial charge is 0.478 e. The van der Waals surface area contributed by atoms with Gasteiger partial charge in [-0.2, -0.15) is 18.4 Å². The van der Waals surface area contributed by atoms with E-state index >= 15 is 0 Å². The standard InChI is InChI=1S/C16H11F3N2O3S/c17-16(18,19)12-6-13(22)21-14(11(12)7-20)25-8-9-2-1-3-10(5-4-9)15(23)24/h1-6,9H,8H2,(H,21,22)(H,23,24). The molecular weight excluding hydrogens is 357 g/mol. The predicted molar refractivity (Wildman–Crippen MR) is 85.0 cm³/mol. The number of H-pyrrole nitrogens is 1. The molecule has 0 bridgehead atoms. The van der Waals surface area contributed by atoms with E-state index in [-0.39, 0.29) is 22.3 Å². The summed E-state index contributed by atoms with van der Waals surface area (Å²) in [6.07, 6.45) is 2.79. The number of aliphatic carboxylic acids is 1. The molecule has 130 valence electrons. The fraction of sp³-hybridized carbons (Fsp3) is 0.188. The topological polar surface area (TPSA) is 94.0 Å². The minimum Gasteiger partial charge on any atom is -0.478 e. The first-order valence-corrected chi connectivity index (χ1v) is 7.88. The van der Waals surface area contributed by atoms with Crippen LogP contribution in [0.2, 0.25) is 0 Å². The molecule has 25 heavy (non-hydrogen) atoms. The third-order valence-electron chi connectivity index (χ3n) is 3.25. The van der Waals surface area contributed by atoms with Gasteiger partial charge in [-0.25, -0.2) is 4.79 Å². The Morgan fingerprint density at radius 3 is 2.72 bits per heavy atom. The third-order valence-corrected chi connectivity index (χ3v) is 4.40. The maximum atomic E-state index is 13.0. The van der Waals surface area contributed by atoms with Crippen LogP contribution in [0.15, 0.2) is 51.8 Å². The van der Waals surface area contributed by atoms with Gasteiger partial charge in [-0.05, 0) is 6.08 Å². The number of nitriles is 1. The molecule has 2 N–H and O–H groups in total. The Kier molecular flexibility index (Phi) is 5.54. The van der Waals surface area contributed by atoms with E-state index in [1.165, 1.54) is 24.3 Å². The number of nitrogens with zero attached hydrogens (tertiary/aromatic N) is 1. The zero-order valence-corrected chi connectivity index (χ0v) is 13.3. The Hall–Kier alpha value is -2.73. The van der Waals surface area contributed by atoms with Crippen LogP contribution in [-0.4, -0.2) is 21.8 Å². The second kappa shape index (κ2) is 7.44. The number of carboxylic acids is 1. The van der Waals surface area contributed by atoms with Gasteiger partial charge in [0, 0.05) is 17.7 Å². The summed E-state index contributed by atoms with van der Waals surface area (Å²) in [5, 5.41) is 17.8. The number of aromatic nitrogens is 1. The van der Waals surface area contributed by atoms with E-state index < -0.39 is 28.8 Å². The van der Waals surface area contributed by atoms with Gasteiger partial charge < -0.3 is 10.1 Å². The highest BCUT2D eigenvalue weighted by Gasteiger charge is 2.35. The number of thioether (sulfide) groups is 1. The smallest absolute Gasteiger partial charge is 0.417 e. The van der Waals surface area contributed by atoms with Crippen LogP contribution in [0.1, 0.15) is 11.1 Å². The summed E-state index contributed by atoms with van der Waals surface area (Å²) in [7, 11) is 0. The molecule has 0 fully saturated rings. The lowest BCUT2D eigenvalue weighted by Crippen LogP contribution is -2.17. The van der Waals surface area contributed by atoms with E-state index in [0.29, 0.717) is 6.07 Å². The molecule has 0 aliphatic heterocycles. The van der Waals surface area contributed by atoms with Crippen LogP contribution in [0.3, 0.4) is 0 Å². The predicted octanol–water partition coefficient (Wildman–Crippen LogP) is 3.11. The number of rotatable bonds is 4. The van der Waals surface area contributed by atoms with Crippen molar-refractivity contribution in [2.24, 2.45) is 5.92 Å². The van der Waals surface area contributed by atoms with Crippen molar-refractivity contribution in [3.05, 3.63) is 63.5 Å². The van der Waals surface area contributed by atoms with E-state index in [1.54, 1.807) is 12.2 Å². The summed E-state index contributed by atoms with van der Waals surface area (Å²) in [6, 6.07) is 1.84. The van der Waals surface area contributed by atoms with E-state index in [2.05, 4.69) is 4.98 Å². The summed E-state index contributed by atoms with van der Waals surface area (Å²) in [5.74, 6) is -1.15. The van der Waals surface area contributed by atoms with Gasteiger partial charge in [0.15, 0.2) is 0 Å². The highest BCUT2D eigenvalue weighted by Crippen LogP contribution is 2.34. The number of alkyl halides is 3. The number of pyridine rings is 1. The van der Waals surface area contributed by atoms with Gasteiger partial charge >= 0.3 is 12.1 Å². The maximum Gasteiger partial charge on any atom is 0.417 e. The zero-order chi connectivity index (χ0) is 18.6. The van der Waals surface area contributed by atoms with E-state index in [4.69, 9.17) is 10.4 Å². The van der Waals surface area contributed by atoms with Crippen molar-refractivity contribution >= 4 is 17.7 Å². The first kappa shape index (κ1) is 18.6. The summed E-state index contributed by atoms with van der Waals surface area (Å²) in [5.41, 5.74) is -2.78. The van der Waals surface area contributed by atoms with Gasteiger partial charge in [0.1, 0.15) is 6.07 Å². The second-order valence-electron chi connectivity index (χ2n) is 5.01. The summed E-state index contributed by atoms with van der Waals surface area (Å²) < 4.78 is 38.9. The fourth-order valence-corrected chi connectivity index (χ4v) is 3.12. The van der Waals surface area contributed by atoms with Crippen molar-refractivity contribution < 1.29 is 23.1 Å². The molecule has 9 heteroatoms. The molecule has 0 saturated heterocycles. The normalized spacial score (nSPS) is 16.9. The summed E-state index contributed by atoms with van der Waals surface area (Å²) >= 11 is 0.890. The Morgan fingerprint density at radius 1 is 1.40 bits per heavy atom. The molecule has 1 aromatic rings. The van der Waals surface area contributed by atoms with Crippen LogP contribution in [0.4, 0.5) is 13.2 Å². The van der Waals surface area contributed by atoms with Crippen molar-refractivity contribution in [1.29, 1.82) is 5.26 Å². The lowest BCUT2D eigenvalue weighted by atomic mass is 10.1. The SMILES string of the molecule is N#Cc1c(C(F)(F)F)cc(=O)[nH]c1SCC1C=CC=C(C(=O)O)C=C1. The van der Waals surface area contributed by atoms with E-state index in [0.717, 1.165) is 11.8 Å².